The lowest BCUT2D eigenvalue weighted by molar-refractivity contribution is 0.313. The number of rotatable bonds is 4. The highest BCUT2D eigenvalue weighted by Crippen LogP contribution is 2.22. The molecule has 1 heterocycles. The molecule has 2 N–H and O–H groups in total. The second kappa shape index (κ2) is 5.54. The largest absolute Gasteiger partial charge is 0.475 e. The maximum absolute atomic E-state index is 5.44. The molecule has 0 aliphatic heterocycles. The Morgan fingerprint density at radius 2 is 2.11 bits per heavy atom. The number of aryl methyl sites for hydroxylation is 2. The first-order valence-corrected chi connectivity index (χ1v) is 6.57. The zero-order valence-electron chi connectivity index (χ0n) is 10.5. The highest BCUT2D eigenvalue weighted by atomic mass is 79.9. The van der Waals surface area contributed by atoms with Crippen molar-refractivity contribution >= 4 is 15.9 Å². The molecular formula is C13H16BrN3O. The van der Waals surface area contributed by atoms with Crippen molar-refractivity contribution in [3.8, 4) is 11.6 Å². The molecule has 0 aliphatic rings. The van der Waals surface area contributed by atoms with Crippen LogP contribution in [0.1, 0.15) is 11.3 Å². The molecule has 2 rings (SSSR count). The van der Waals surface area contributed by atoms with Gasteiger partial charge in [-0.25, -0.2) is 4.68 Å². The van der Waals surface area contributed by atoms with Crippen LogP contribution >= 0.6 is 15.9 Å². The molecule has 0 aliphatic carbocycles. The standard InChI is InChI=1S/C13H16BrN3O/c1-9-7-11(14)3-4-12(9)17-10(2)8-13(16-17)18-6-5-15/h3-4,7-8H,5-6,15H2,1-2H3. The Kier molecular flexibility index (Phi) is 4.04. The minimum atomic E-state index is 0.482. The van der Waals surface area contributed by atoms with Crippen LogP contribution in [0.2, 0.25) is 0 Å². The van der Waals surface area contributed by atoms with Crippen LogP contribution in [0.5, 0.6) is 5.88 Å². The van der Waals surface area contributed by atoms with Crippen LogP contribution in [0, 0.1) is 13.8 Å². The highest BCUT2D eigenvalue weighted by molar-refractivity contribution is 9.10. The van der Waals surface area contributed by atoms with Crippen molar-refractivity contribution in [2.75, 3.05) is 13.2 Å². The number of hydrogen-bond donors (Lipinski definition) is 1. The second-order valence-electron chi connectivity index (χ2n) is 4.10. The second-order valence-corrected chi connectivity index (χ2v) is 5.02. The van der Waals surface area contributed by atoms with Gasteiger partial charge in [0, 0.05) is 22.8 Å². The van der Waals surface area contributed by atoms with Crippen molar-refractivity contribution in [3.05, 3.63) is 40.0 Å². The molecule has 0 saturated carbocycles. The zero-order valence-corrected chi connectivity index (χ0v) is 12.1. The summed E-state index contributed by atoms with van der Waals surface area (Å²) >= 11 is 3.46. The monoisotopic (exact) mass is 309 g/mol. The normalized spacial score (nSPS) is 10.7. The Labute approximate surface area is 115 Å². The average Bonchev–Trinajstić information content (AvgIpc) is 2.68. The first-order valence-electron chi connectivity index (χ1n) is 5.78. The summed E-state index contributed by atoms with van der Waals surface area (Å²) < 4.78 is 8.38. The lowest BCUT2D eigenvalue weighted by atomic mass is 10.2. The Balaban J connectivity index is 2.35. The van der Waals surface area contributed by atoms with E-state index in [2.05, 4.69) is 34.0 Å². The Hall–Kier alpha value is -1.33. The molecule has 0 radical (unpaired) electrons. The first-order chi connectivity index (χ1) is 8.61. The Morgan fingerprint density at radius 3 is 2.78 bits per heavy atom. The number of hydrogen-bond acceptors (Lipinski definition) is 3. The molecule has 1 aromatic carbocycles. The summed E-state index contributed by atoms with van der Waals surface area (Å²) in [5.74, 6) is 0.611. The lowest BCUT2D eigenvalue weighted by Gasteiger charge is -2.08. The smallest absolute Gasteiger partial charge is 0.233 e. The van der Waals surface area contributed by atoms with Crippen LogP contribution in [-0.4, -0.2) is 22.9 Å². The van der Waals surface area contributed by atoms with Gasteiger partial charge in [0.05, 0.1) is 5.69 Å². The van der Waals surface area contributed by atoms with E-state index in [1.54, 1.807) is 0 Å². The summed E-state index contributed by atoms with van der Waals surface area (Å²) in [5.41, 5.74) is 8.65. The minimum absolute atomic E-state index is 0.482. The van der Waals surface area contributed by atoms with Crippen LogP contribution in [-0.2, 0) is 0 Å². The summed E-state index contributed by atoms with van der Waals surface area (Å²) in [5, 5.41) is 4.43. The fraction of sp³-hybridized carbons (Fsp3) is 0.308. The summed E-state index contributed by atoms with van der Waals surface area (Å²) in [6.07, 6.45) is 0. The number of halogens is 1. The van der Waals surface area contributed by atoms with Crippen molar-refractivity contribution < 1.29 is 4.74 Å². The van der Waals surface area contributed by atoms with Gasteiger partial charge in [-0.15, -0.1) is 5.10 Å². The van der Waals surface area contributed by atoms with Crippen molar-refractivity contribution in [3.63, 3.8) is 0 Å². The van der Waals surface area contributed by atoms with Gasteiger partial charge in [-0.2, -0.15) is 0 Å². The summed E-state index contributed by atoms with van der Waals surface area (Å²) in [7, 11) is 0. The number of nitrogens with two attached hydrogens (primary N) is 1. The molecule has 0 spiro atoms. The molecule has 2 aromatic rings. The van der Waals surface area contributed by atoms with Gasteiger partial charge in [0.2, 0.25) is 5.88 Å². The van der Waals surface area contributed by atoms with Crippen LogP contribution in [0.3, 0.4) is 0 Å². The summed E-state index contributed by atoms with van der Waals surface area (Å²) in [4.78, 5) is 0. The third-order valence-electron chi connectivity index (χ3n) is 2.62. The van der Waals surface area contributed by atoms with E-state index in [0.29, 0.717) is 19.0 Å². The fourth-order valence-corrected chi connectivity index (χ4v) is 2.26. The van der Waals surface area contributed by atoms with E-state index in [1.807, 2.05) is 29.8 Å². The van der Waals surface area contributed by atoms with E-state index in [-0.39, 0.29) is 0 Å². The molecule has 4 nitrogen and oxygen atoms in total. The highest BCUT2D eigenvalue weighted by Gasteiger charge is 2.09. The van der Waals surface area contributed by atoms with Gasteiger partial charge in [0.15, 0.2) is 0 Å². The van der Waals surface area contributed by atoms with E-state index < -0.39 is 0 Å². The zero-order chi connectivity index (χ0) is 13.1. The molecular weight excluding hydrogens is 294 g/mol. The molecule has 96 valence electrons. The predicted octanol–water partition coefficient (Wildman–Crippen LogP) is 2.59. The third kappa shape index (κ3) is 2.73. The topological polar surface area (TPSA) is 53.1 Å². The third-order valence-corrected chi connectivity index (χ3v) is 3.11. The molecule has 0 saturated heterocycles. The molecule has 0 amide bonds. The molecule has 0 unspecified atom stereocenters. The van der Waals surface area contributed by atoms with Gasteiger partial charge in [-0.1, -0.05) is 15.9 Å². The van der Waals surface area contributed by atoms with Gasteiger partial charge >= 0.3 is 0 Å². The maximum atomic E-state index is 5.44. The van der Waals surface area contributed by atoms with Gasteiger partial charge in [-0.05, 0) is 37.6 Å². The molecule has 5 heteroatoms. The first kappa shape index (κ1) is 13.1. The lowest BCUT2D eigenvalue weighted by Crippen LogP contribution is -2.11. The average molecular weight is 310 g/mol. The van der Waals surface area contributed by atoms with Crippen molar-refractivity contribution in [1.29, 1.82) is 0 Å². The van der Waals surface area contributed by atoms with Crippen molar-refractivity contribution in [2.45, 2.75) is 13.8 Å². The van der Waals surface area contributed by atoms with E-state index in [4.69, 9.17) is 10.5 Å². The number of nitrogens with zero attached hydrogens (tertiary/aromatic N) is 2. The van der Waals surface area contributed by atoms with E-state index in [9.17, 15) is 0 Å². The van der Waals surface area contributed by atoms with Gasteiger partial charge in [0.1, 0.15) is 6.61 Å². The fourth-order valence-electron chi connectivity index (χ4n) is 1.78. The van der Waals surface area contributed by atoms with Crippen LogP contribution < -0.4 is 10.5 Å². The molecule has 18 heavy (non-hydrogen) atoms. The van der Waals surface area contributed by atoms with Gasteiger partial charge in [0.25, 0.3) is 0 Å². The number of benzene rings is 1. The summed E-state index contributed by atoms with van der Waals surface area (Å²) in [6.45, 7) is 5.03. The summed E-state index contributed by atoms with van der Waals surface area (Å²) in [6, 6.07) is 8.02. The van der Waals surface area contributed by atoms with Crippen LogP contribution in [0.25, 0.3) is 5.69 Å². The van der Waals surface area contributed by atoms with E-state index in [0.717, 1.165) is 21.4 Å². The predicted molar refractivity (Wildman–Crippen MR) is 75.3 cm³/mol. The SMILES string of the molecule is Cc1cc(Br)ccc1-n1nc(OCCN)cc1C. The number of ether oxygens (including phenoxy) is 1. The maximum Gasteiger partial charge on any atom is 0.233 e. The quantitative estimate of drug-likeness (QED) is 0.944. The van der Waals surface area contributed by atoms with Gasteiger partial charge < -0.3 is 10.5 Å². The minimum Gasteiger partial charge on any atom is -0.475 e. The van der Waals surface area contributed by atoms with E-state index in [1.165, 1.54) is 0 Å². The Morgan fingerprint density at radius 1 is 1.33 bits per heavy atom. The molecule has 1 aromatic heterocycles. The Bertz CT molecular complexity index is 551. The van der Waals surface area contributed by atoms with Gasteiger partial charge in [-0.3, -0.25) is 0 Å². The van der Waals surface area contributed by atoms with Crippen LogP contribution in [0.4, 0.5) is 0 Å². The molecule has 0 atom stereocenters. The molecule has 0 fully saturated rings. The van der Waals surface area contributed by atoms with Crippen LogP contribution in [0.15, 0.2) is 28.7 Å². The number of aromatic nitrogens is 2. The van der Waals surface area contributed by atoms with Crippen molar-refractivity contribution in [1.82, 2.24) is 9.78 Å². The van der Waals surface area contributed by atoms with Crippen molar-refractivity contribution in [2.24, 2.45) is 5.73 Å². The van der Waals surface area contributed by atoms with E-state index >= 15 is 0 Å². The molecule has 0 bridgehead atoms.